The second kappa shape index (κ2) is 5.57. The maximum atomic E-state index is 10.0. The number of anilines is 1. The Hall–Kier alpha value is -1.34. The van der Waals surface area contributed by atoms with Crippen LogP contribution in [0, 0.1) is 0 Å². The molecule has 3 rings (SSSR count). The summed E-state index contributed by atoms with van der Waals surface area (Å²) in [6.07, 6.45) is 4.63. The molecule has 6 nitrogen and oxygen atoms in total. The number of rotatable bonds is 3. The van der Waals surface area contributed by atoms with E-state index in [1.807, 2.05) is 11.6 Å². The van der Waals surface area contributed by atoms with Crippen molar-refractivity contribution < 1.29 is 5.11 Å². The van der Waals surface area contributed by atoms with Crippen molar-refractivity contribution in [1.82, 2.24) is 9.88 Å². The molecule has 3 N–H and O–H groups in total. The Morgan fingerprint density at radius 2 is 2.15 bits per heavy atom. The third kappa shape index (κ3) is 2.88. The van der Waals surface area contributed by atoms with Crippen molar-refractivity contribution in [2.45, 2.75) is 24.9 Å². The predicted molar refractivity (Wildman–Crippen MR) is 81.2 cm³/mol. The van der Waals surface area contributed by atoms with Gasteiger partial charge in [0.05, 0.1) is 12.1 Å². The smallest absolute Gasteiger partial charge is 0.191 e. The van der Waals surface area contributed by atoms with Crippen molar-refractivity contribution in [1.29, 1.82) is 0 Å². The van der Waals surface area contributed by atoms with Crippen LogP contribution in [-0.4, -0.2) is 59.3 Å². The predicted octanol–water partition coefficient (Wildman–Crippen LogP) is 0.495. The highest BCUT2D eigenvalue weighted by atomic mass is 32.1. The number of guanidine groups is 1. The Morgan fingerprint density at radius 1 is 1.40 bits per heavy atom. The fraction of sp³-hybridized carbons (Fsp3) is 0.692. The molecule has 110 valence electrons. The number of piperazine rings is 1. The van der Waals surface area contributed by atoms with Gasteiger partial charge in [-0.3, -0.25) is 4.99 Å². The third-order valence-electron chi connectivity index (χ3n) is 4.11. The molecule has 0 unspecified atom stereocenters. The van der Waals surface area contributed by atoms with Crippen LogP contribution in [-0.2, 0) is 0 Å². The molecule has 0 atom stereocenters. The summed E-state index contributed by atoms with van der Waals surface area (Å²) in [5.74, 6) is 0.559. The summed E-state index contributed by atoms with van der Waals surface area (Å²) in [6, 6.07) is 0. The summed E-state index contributed by atoms with van der Waals surface area (Å²) in [5, 5.41) is 13.1. The van der Waals surface area contributed by atoms with Crippen molar-refractivity contribution in [2.75, 3.05) is 37.6 Å². The van der Waals surface area contributed by atoms with E-state index in [2.05, 4.69) is 19.8 Å². The quantitative estimate of drug-likeness (QED) is 0.627. The van der Waals surface area contributed by atoms with Crippen LogP contribution in [0.5, 0.6) is 0 Å². The first-order chi connectivity index (χ1) is 9.66. The Bertz CT molecular complexity index is 463. The van der Waals surface area contributed by atoms with Crippen molar-refractivity contribution in [3.8, 4) is 0 Å². The molecule has 1 aliphatic heterocycles. The number of hydrogen-bond donors (Lipinski definition) is 2. The van der Waals surface area contributed by atoms with Gasteiger partial charge in [0.2, 0.25) is 0 Å². The fourth-order valence-corrected chi connectivity index (χ4v) is 3.27. The summed E-state index contributed by atoms with van der Waals surface area (Å²) < 4.78 is 0. The SMILES string of the molecule is NC(=NCC1(O)CCC1)N1CCN(c2nccs2)CC1. The molecule has 0 amide bonds. The van der Waals surface area contributed by atoms with E-state index in [0.717, 1.165) is 50.6 Å². The Balaban J connectivity index is 1.51. The number of hydrogen-bond acceptors (Lipinski definition) is 5. The minimum Gasteiger partial charge on any atom is -0.388 e. The minimum atomic E-state index is -0.590. The molecular weight excluding hydrogens is 274 g/mol. The van der Waals surface area contributed by atoms with Gasteiger partial charge in [0.25, 0.3) is 0 Å². The number of aliphatic imine (C=N–C) groups is 1. The summed E-state index contributed by atoms with van der Waals surface area (Å²) in [7, 11) is 0. The molecule has 1 aromatic rings. The second-order valence-electron chi connectivity index (χ2n) is 5.54. The van der Waals surface area contributed by atoms with E-state index >= 15 is 0 Å². The lowest BCUT2D eigenvalue weighted by Crippen LogP contribution is -2.51. The van der Waals surface area contributed by atoms with Gasteiger partial charge in [0, 0.05) is 37.8 Å². The highest BCUT2D eigenvalue weighted by Crippen LogP contribution is 2.31. The largest absolute Gasteiger partial charge is 0.388 e. The first-order valence-corrected chi connectivity index (χ1v) is 7.96. The van der Waals surface area contributed by atoms with Gasteiger partial charge >= 0.3 is 0 Å². The molecule has 2 fully saturated rings. The molecule has 1 saturated carbocycles. The Labute approximate surface area is 122 Å². The molecule has 20 heavy (non-hydrogen) atoms. The van der Waals surface area contributed by atoms with E-state index < -0.39 is 5.60 Å². The van der Waals surface area contributed by atoms with Crippen molar-refractivity contribution in [3.63, 3.8) is 0 Å². The average molecular weight is 295 g/mol. The first-order valence-electron chi connectivity index (χ1n) is 7.08. The fourth-order valence-electron chi connectivity index (χ4n) is 2.57. The molecule has 0 bridgehead atoms. The number of thiazole rings is 1. The van der Waals surface area contributed by atoms with Crippen molar-refractivity contribution >= 4 is 22.4 Å². The van der Waals surface area contributed by atoms with Gasteiger partial charge in [-0.1, -0.05) is 0 Å². The van der Waals surface area contributed by atoms with E-state index in [4.69, 9.17) is 5.73 Å². The molecule has 2 aliphatic rings. The number of nitrogens with zero attached hydrogens (tertiary/aromatic N) is 4. The molecule has 1 aromatic heterocycles. The van der Waals surface area contributed by atoms with E-state index in [1.54, 1.807) is 11.3 Å². The monoisotopic (exact) mass is 295 g/mol. The van der Waals surface area contributed by atoms with Crippen LogP contribution in [0.2, 0.25) is 0 Å². The van der Waals surface area contributed by atoms with Gasteiger partial charge in [0.1, 0.15) is 0 Å². The summed E-state index contributed by atoms with van der Waals surface area (Å²) in [6.45, 7) is 3.97. The van der Waals surface area contributed by atoms with Crippen LogP contribution in [0.1, 0.15) is 19.3 Å². The molecule has 2 heterocycles. The molecule has 0 spiro atoms. The lowest BCUT2D eigenvalue weighted by molar-refractivity contribution is -0.0237. The maximum Gasteiger partial charge on any atom is 0.191 e. The van der Waals surface area contributed by atoms with E-state index in [9.17, 15) is 5.11 Å². The summed E-state index contributed by atoms with van der Waals surface area (Å²) in [5.41, 5.74) is 5.44. The summed E-state index contributed by atoms with van der Waals surface area (Å²) >= 11 is 1.67. The van der Waals surface area contributed by atoms with Gasteiger partial charge in [-0.2, -0.15) is 0 Å². The van der Waals surface area contributed by atoms with Crippen LogP contribution in [0.4, 0.5) is 5.13 Å². The van der Waals surface area contributed by atoms with Gasteiger partial charge in [-0.15, -0.1) is 11.3 Å². The lowest BCUT2D eigenvalue weighted by Gasteiger charge is -2.37. The first kappa shape index (κ1) is 13.6. The highest BCUT2D eigenvalue weighted by molar-refractivity contribution is 7.13. The van der Waals surface area contributed by atoms with E-state index in [1.165, 1.54) is 0 Å². The van der Waals surface area contributed by atoms with Crippen molar-refractivity contribution in [2.24, 2.45) is 10.7 Å². The van der Waals surface area contributed by atoms with Crippen LogP contribution < -0.4 is 10.6 Å². The van der Waals surface area contributed by atoms with Gasteiger partial charge in [-0.25, -0.2) is 4.98 Å². The average Bonchev–Trinajstić information content (AvgIpc) is 2.97. The second-order valence-corrected chi connectivity index (χ2v) is 6.41. The van der Waals surface area contributed by atoms with Gasteiger partial charge in [0.15, 0.2) is 11.1 Å². The van der Waals surface area contributed by atoms with Crippen molar-refractivity contribution in [3.05, 3.63) is 11.6 Å². The van der Waals surface area contributed by atoms with Crippen LogP contribution >= 0.6 is 11.3 Å². The number of aromatic nitrogens is 1. The molecule has 0 aromatic carbocycles. The number of aliphatic hydroxyl groups is 1. The van der Waals surface area contributed by atoms with Crippen LogP contribution in [0.25, 0.3) is 0 Å². The van der Waals surface area contributed by atoms with Gasteiger partial charge < -0.3 is 20.6 Å². The molecule has 0 radical (unpaired) electrons. The topological polar surface area (TPSA) is 78.0 Å². The van der Waals surface area contributed by atoms with Crippen LogP contribution in [0.15, 0.2) is 16.6 Å². The normalized spacial score (nSPS) is 22.8. The Kier molecular flexibility index (Phi) is 3.80. The number of nitrogens with two attached hydrogens (primary N) is 1. The Morgan fingerprint density at radius 3 is 2.70 bits per heavy atom. The zero-order valence-corrected chi connectivity index (χ0v) is 12.3. The van der Waals surface area contributed by atoms with E-state index in [-0.39, 0.29) is 0 Å². The minimum absolute atomic E-state index is 0.436. The van der Waals surface area contributed by atoms with Crippen LogP contribution in [0.3, 0.4) is 0 Å². The van der Waals surface area contributed by atoms with Gasteiger partial charge in [-0.05, 0) is 19.3 Å². The molecule has 1 saturated heterocycles. The third-order valence-corrected chi connectivity index (χ3v) is 4.95. The standard InChI is InChI=1S/C13H21N5OS/c14-11(16-10-13(19)2-1-3-13)17-5-7-18(8-6-17)12-15-4-9-20-12/h4,9,19H,1-3,5-8,10H2,(H2,14,16). The zero-order chi connectivity index (χ0) is 14.0. The molecule has 7 heteroatoms. The highest BCUT2D eigenvalue weighted by Gasteiger charge is 2.34. The molecular formula is C13H21N5OS. The lowest BCUT2D eigenvalue weighted by atomic mass is 9.80. The zero-order valence-electron chi connectivity index (χ0n) is 11.5. The molecule has 1 aliphatic carbocycles. The van der Waals surface area contributed by atoms with E-state index in [0.29, 0.717) is 12.5 Å². The summed E-state index contributed by atoms with van der Waals surface area (Å²) in [4.78, 5) is 13.1. The maximum absolute atomic E-state index is 10.0.